The average molecular weight is 203 g/mol. The summed E-state index contributed by atoms with van der Waals surface area (Å²) in [5.41, 5.74) is 0.00292. The number of carbonyl (C=O) groups is 1. The third kappa shape index (κ3) is 2.35. The highest BCUT2D eigenvalue weighted by Gasteiger charge is 2.16. The van der Waals surface area contributed by atoms with Crippen molar-refractivity contribution in [1.82, 2.24) is 0 Å². The van der Waals surface area contributed by atoms with Crippen molar-refractivity contribution < 1.29 is 14.6 Å². The van der Waals surface area contributed by atoms with Gasteiger partial charge in [0.2, 0.25) is 0 Å². The maximum absolute atomic E-state index is 11.1. The molecule has 1 aromatic rings. The molecule has 4 nitrogen and oxygen atoms in total. The molecular weight excluding hydrogens is 194 g/mol. The van der Waals surface area contributed by atoms with Gasteiger partial charge in [-0.3, -0.25) is 0 Å². The first-order chi connectivity index (χ1) is 7.20. The molecule has 0 fully saturated rings. The van der Waals surface area contributed by atoms with Crippen molar-refractivity contribution in [3.05, 3.63) is 41.5 Å². The number of benzene rings is 1. The van der Waals surface area contributed by atoms with Crippen molar-refractivity contribution >= 4 is 11.7 Å². The third-order valence-electron chi connectivity index (χ3n) is 1.79. The summed E-state index contributed by atoms with van der Waals surface area (Å²) in [5.74, 6) is -1.22. The highest BCUT2D eigenvalue weighted by atomic mass is 16.5. The third-order valence-corrected chi connectivity index (χ3v) is 1.79. The summed E-state index contributed by atoms with van der Waals surface area (Å²) in [5, 5.41) is 18.3. The van der Waals surface area contributed by atoms with E-state index in [0.717, 1.165) is 7.11 Å². The fraction of sp³-hybridized carbons (Fsp3) is 0.0909. The van der Waals surface area contributed by atoms with Crippen LogP contribution in [0.3, 0.4) is 0 Å². The summed E-state index contributed by atoms with van der Waals surface area (Å²) in [6.45, 7) is 0. The molecule has 0 heterocycles. The van der Waals surface area contributed by atoms with E-state index in [1.165, 1.54) is 0 Å². The van der Waals surface area contributed by atoms with E-state index in [4.69, 9.17) is 5.26 Å². The van der Waals surface area contributed by atoms with Gasteiger partial charge in [-0.1, -0.05) is 30.3 Å². The van der Waals surface area contributed by atoms with Crippen molar-refractivity contribution in [1.29, 1.82) is 5.26 Å². The Kier molecular flexibility index (Phi) is 3.47. The van der Waals surface area contributed by atoms with Gasteiger partial charge < -0.3 is 9.84 Å². The first-order valence-electron chi connectivity index (χ1n) is 4.17. The van der Waals surface area contributed by atoms with Crippen LogP contribution in [0.1, 0.15) is 5.56 Å². The summed E-state index contributed by atoms with van der Waals surface area (Å²) in [6, 6.07) is 9.94. The number of nitriles is 1. The fourth-order valence-corrected chi connectivity index (χ4v) is 1.04. The molecule has 0 unspecified atom stereocenters. The Bertz CT molecular complexity index is 429. The summed E-state index contributed by atoms with van der Waals surface area (Å²) >= 11 is 0. The zero-order valence-corrected chi connectivity index (χ0v) is 8.10. The van der Waals surface area contributed by atoms with Crippen molar-refractivity contribution in [2.24, 2.45) is 0 Å². The topological polar surface area (TPSA) is 70.3 Å². The summed E-state index contributed by atoms with van der Waals surface area (Å²) in [6.07, 6.45) is 0. The maximum Gasteiger partial charge on any atom is 0.352 e. The lowest BCUT2D eigenvalue weighted by atomic mass is 10.1. The molecule has 76 valence electrons. The Morgan fingerprint density at radius 1 is 1.40 bits per heavy atom. The minimum atomic E-state index is -0.848. The zero-order valence-electron chi connectivity index (χ0n) is 8.10. The van der Waals surface area contributed by atoms with Crippen LogP contribution in [0.4, 0.5) is 0 Å². The molecule has 1 aromatic carbocycles. The molecule has 0 radical (unpaired) electrons. The van der Waals surface area contributed by atoms with Crippen LogP contribution in [-0.4, -0.2) is 18.2 Å². The number of nitrogens with zero attached hydrogens (tertiary/aromatic N) is 1. The Morgan fingerprint density at radius 3 is 2.47 bits per heavy atom. The van der Waals surface area contributed by atoms with E-state index in [1.807, 2.05) is 0 Å². The molecule has 0 spiro atoms. The van der Waals surface area contributed by atoms with Gasteiger partial charge in [0.05, 0.1) is 7.11 Å². The van der Waals surface area contributed by atoms with Gasteiger partial charge in [-0.25, -0.2) is 4.79 Å². The van der Waals surface area contributed by atoms with Gasteiger partial charge in [0.15, 0.2) is 5.57 Å². The number of carbonyl (C=O) groups excluding carboxylic acids is 1. The van der Waals surface area contributed by atoms with Gasteiger partial charge in [-0.05, 0) is 0 Å². The van der Waals surface area contributed by atoms with E-state index >= 15 is 0 Å². The minimum absolute atomic E-state index is 0.370. The summed E-state index contributed by atoms with van der Waals surface area (Å²) < 4.78 is 4.37. The molecule has 0 amide bonds. The fourth-order valence-electron chi connectivity index (χ4n) is 1.04. The van der Waals surface area contributed by atoms with Crippen LogP contribution in [0.5, 0.6) is 0 Å². The van der Waals surface area contributed by atoms with Crippen LogP contribution in [0.2, 0.25) is 0 Å². The number of hydrogen-bond donors (Lipinski definition) is 1. The zero-order chi connectivity index (χ0) is 11.3. The molecule has 0 saturated carbocycles. The lowest BCUT2D eigenvalue weighted by Gasteiger charge is -2.02. The molecular formula is C11H9NO3. The van der Waals surface area contributed by atoms with Gasteiger partial charge in [-0.2, -0.15) is 5.26 Å². The highest BCUT2D eigenvalue weighted by Crippen LogP contribution is 2.15. The van der Waals surface area contributed by atoms with Crippen LogP contribution in [0, 0.1) is 11.3 Å². The van der Waals surface area contributed by atoms with E-state index in [9.17, 15) is 9.90 Å². The van der Waals surface area contributed by atoms with Crippen LogP contribution < -0.4 is 0 Å². The Balaban J connectivity index is 3.20. The molecule has 0 aromatic heterocycles. The number of hydrogen-bond acceptors (Lipinski definition) is 4. The molecule has 1 N–H and O–H groups in total. The van der Waals surface area contributed by atoms with E-state index in [2.05, 4.69) is 4.74 Å². The first kappa shape index (κ1) is 10.8. The van der Waals surface area contributed by atoms with Crippen LogP contribution in [0.15, 0.2) is 35.9 Å². The minimum Gasteiger partial charge on any atom is -0.506 e. The molecule has 0 saturated heterocycles. The second kappa shape index (κ2) is 4.82. The number of rotatable bonds is 2. The van der Waals surface area contributed by atoms with Gasteiger partial charge in [-0.15, -0.1) is 0 Å². The van der Waals surface area contributed by atoms with Crippen molar-refractivity contribution in [3.8, 4) is 6.07 Å². The predicted octanol–water partition coefficient (Wildman–Crippen LogP) is 1.65. The quantitative estimate of drug-likeness (QED) is 0.343. The normalized spacial score (nSPS) is 11.2. The standard InChI is InChI=1S/C11H9NO3/c1-15-11(14)9(7-12)10(13)8-5-3-2-4-6-8/h2-6,13H,1H3/b10-9-. The lowest BCUT2D eigenvalue weighted by molar-refractivity contribution is -0.135. The number of ether oxygens (including phenoxy) is 1. The van der Waals surface area contributed by atoms with Gasteiger partial charge in [0.25, 0.3) is 0 Å². The number of methoxy groups -OCH3 is 1. The smallest absolute Gasteiger partial charge is 0.352 e. The van der Waals surface area contributed by atoms with Crippen LogP contribution in [-0.2, 0) is 9.53 Å². The molecule has 1 rings (SSSR count). The maximum atomic E-state index is 11.1. The van der Waals surface area contributed by atoms with Crippen molar-refractivity contribution in [2.75, 3.05) is 7.11 Å². The number of esters is 1. The SMILES string of the molecule is COC(=O)/C(C#N)=C(\O)c1ccccc1. The molecule has 0 aliphatic rings. The molecule has 0 aliphatic heterocycles. The lowest BCUT2D eigenvalue weighted by Crippen LogP contribution is -2.05. The Hall–Kier alpha value is -2.28. The van der Waals surface area contributed by atoms with Crippen molar-refractivity contribution in [3.63, 3.8) is 0 Å². The monoisotopic (exact) mass is 203 g/mol. The highest BCUT2D eigenvalue weighted by molar-refractivity contribution is 5.99. The molecule has 0 atom stereocenters. The molecule has 15 heavy (non-hydrogen) atoms. The van der Waals surface area contributed by atoms with E-state index in [0.29, 0.717) is 5.56 Å². The Morgan fingerprint density at radius 2 is 2.00 bits per heavy atom. The summed E-state index contributed by atoms with van der Waals surface area (Å²) in [7, 11) is 1.15. The van der Waals surface area contributed by atoms with Crippen molar-refractivity contribution in [2.45, 2.75) is 0 Å². The second-order valence-corrected chi connectivity index (χ2v) is 2.69. The average Bonchev–Trinajstić information content (AvgIpc) is 2.30. The van der Waals surface area contributed by atoms with Crippen LogP contribution in [0.25, 0.3) is 5.76 Å². The molecule has 4 heteroatoms. The predicted molar refractivity (Wildman–Crippen MR) is 53.6 cm³/mol. The number of aliphatic hydroxyl groups is 1. The molecule has 0 bridgehead atoms. The summed E-state index contributed by atoms with van der Waals surface area (Å²) in [4.78, 5) is 11.1. The Labute approximate surface area is 87.0 Å². The van der Waals surface area contributed by atoms with Gasteiger partial charge in [0.1, 0.15) is 11.8 Å². The van der Waals surface area contributed by atoms with E-state index in [-0.39, 0.29) is 5.76 Å². The largest absolute Gasteiger partial charge is 0.506 e. The second-order valence-electron chi connectivity index (χ2n) is 2.69. The van der Waals surface area contributed by atoms with E-state index in [1.54, 1.807) is 36.4 Å². The van der Waals surface area contributed by atoms with Gasteiger partial charge >= 0.3 is 5.97 Å². The number of aliphatic hydroxyl groups excluding tert-OH is 1. The van der Waals surface area contributed by atoms with Gasteiger partial charge in [0, 0.05) is 5.56 Å². The molecule has 0 aliphatic carbocycles. The van der Waals surface area contributed by atoms with Crippen LogP contribution >= 0.6 is 0 Å². The first-order valence-corrected chi connectivity index (χ1v) is 4.17. The van der Waals surface area contributed by atoms with E-state index < -0.39 is 11.5 Å².